The van der Waals surface area contributed by atoms with E-state index in [4.69, 9.17) is 32.7 Å². The summed E-state index contributed by atoms with van der Waals surface area (Å²) in [6.07, 6.45) is 0. The van der Waals surface area contributed by atoms with Crippen molar-refractivity contribution in [1.82, 2.24) is 0 Å². The molecule has 0 bridgehead atoms. The highest BCUT2D eigenvalue weighted by Crippen LogP contribution is 2.27. The number of ether oxygens (including phenoxy) is 2. The van der Waals surface area contributed by atoms with Crippen molar-refractivity contribution < 1.29 is 18.7 Å². The molecule has 0 saturated carbocycles. The van der Waals surface area contributed by atoms with E-state index in [1.807, 2.05) is 0 Å². The van der Waals surface area contributed by atoms with Gasteiger partial charge in [-0.05, 0) is 35.9 Å². The smallest absolute Gasteiger partial charge is 0.344 e. The zero-order valence-corrected chi connectivity index (χ0v) is 12.3. The second-order valence-corrected chi connectivity index (χ2v) is 4.99. The van der Waals surface area contributed by atoms with Gasteiger partial charge in [0.05, 0.1) is 5.02 Å². The summed E-state index contributed by atoms with van der Waals surface area (Å²) in [4.78, 5) is 11.5. The van der Waals surface area contributed by atoms with Gasteiger partial charge in [-0.25, -0.2) is 9.18 Å². The molecule has 0 atom stereocenters. The van der Waals surface area contributed by atoms with E-state index in [-0.39, 0.29) is 19.0 Å². The van der Waals surface area contributed by atoms with Gasteiger partial charge in [0.25, 0.3) is 0 Å². The maximum absolute atomic E-state index is 12.7. The summed E-state index contributed by atoms with van der Waals surface area (Å²) in [5.41, 5.74) is 0.689. The number of hydrogen-bond acceptors (Lipinski definition) is 3. The zero-order valence-electron chi connectivity index (χ0n) is 10.8. The monoisotopic (exact) mass is 328 g/mol. The number of halogens is 3. The molecule has 0 fully saturated rings. The van der Waals surface area contributed by atoms with Crippen LogP contribution in [0, 0.1) is 5.82 Å². The maximum atomic E-state index is 12.7. The summed E-state index contributed by atoms with van der Waals surface area (Å²) in [5.74, 6) is -0.545. The first kappa shape index (κ1) is 15.6. The second kappa shape index (κ2) is 7.29. The molecular formula is C15H11Cl2FO3. The SMILES string of the molecule is O=C(COc1ccc(Cl)cc1Cl)OCc1ccc(F)cc1. The minimum atomic E-state index is -0.551. The molecule has 6 heteroatoms. The molecule has 0 aromatic heterocycles. The molecule has 2 aromatic carbocycles. The molecule has 3 nitrogen and oxygen atoms in total. The Bertz CT molecular complexity index is 629. The molecule has 0 spiro atoms. The van der Waals surface area contributed by atoms with Crippen LogP contribution in [-0.2, 0) is 16.1 Å². The van der Waals surface area contributed by atoms with E-state index in [1.54, 1.807) is 24.3 Å². The van der Waals surface area contributed by atoms with E-state index >= 15 is 0 Å². The van der Waals surface area contributed by atoms with Gasteiger partial charge < -0.3 is 9.47 Å². The molecule has 0 amide bonds. The Morgan fingerprint density at radius 3 is 2.48 bits per heavy atom. The Kier molecular flexibility index (Phi) is 5.42. The lowest BCUT2D eigenvalue weighted by molar-refractivity contribution is -0.147. The topological polar surface area (TPSA) is 35.5 Å². The lowest BCUT2D eigenvalue weighted by Gasteiger charge is -2.08. The average Bonchev–Trinajstić information content (AvgIpc) is 2.46. The minimum absolute atomic E-state index is 0.0524. The molecule has 0 N–H and O–H groups in total. The molecular weight excluding hydrogens is 318 g/mol. The number of rotatable bonds is 5. The fraction of sp³-hybridized carbons (Fsp3) is 0.133. The van der Waals surface area contributed by atoms with Crippen molar-refractivity contribution in [2.45, 2.75) is 6.61 Å². The Morgan fingerprint density at radius 1 is 1.10 bits per heavy atom. The third-order valence-electron chi connectivity index (χ3n) is 2.55. The lowest BCUT2D eigenvalue weighted by atomic mass is 10.2. The molecule has 0 aliphatic heterocycles. The van der Waals surface area contributed by atoms with E-state index < -0.39 is 5.97 Å². The fourth-order valence-electron chi connectivity index (χ4n) is 1.52. The molecule has 21 heavy (non-hydrogen) atoms. The average molecular weight is 329 g/mol. The van der Waals surface area contributed by atoms with Crippen molar-refractivity contribution in [3.05, 3.63) is 63.9 Å². The Labute approximate surface area is 131 Å². The van der Waals surface area contributed by atoms with Gasteiger partial charge in [-0.1, -0.05) is 35.3 Å². The molecule has 0 aliphatic rings. The van der Waals surface area contributed by atoms with E-state index in [9.17, 15) is 9.18 Å². The summed E-state index contributed by atoms with van der Waals surface area (Å²) < 4.78 is 22.9. The summed E-state index contributed by atoms with van der Waals surface area (Å²) in [6, 6.07) is 10.4. The van der Waals surface area contributed by atoms with Crippen LogP contribution in [0.5, 0.6) is 5.75 Å². The fourth-order valence-corrected chi connectivity index (χ4v) is 1.98. The Morgan fingerprint density at radius 2 is 1.81 bits per heavy atom. The maximum Gasteiger partial charge on any atom is 0.344 e. The van der Waals surface area contributed by atoms with Crippen LogP contribution in [-0.4, -0.2) is 12.6 Å². The number of hydrogen-bond donors (Lipinski definition) is 0. The van der Waals surface area contributed by atoms with Gasteiger partial charge in [-0.15, -0.1) is 0 Å². The van der Waals surface area contributed by atoms with Crippen LogP contribution in [0.25, 0.3) is 0 Å². The predicted molar refractivity (Wildman–Crippen MR) is 78.2 cm³/mol. The Balaban J connectivity index is 1.80. The lowest BCUT2D eigenvalue weighted by Crippen LogP contribution is -2.14. The van der Waals surface area contributed by atoms with Gasteiger partial charge in [-0.2, -0.15) is 0 Å². The van der Waals surface area contributed by atoms with Crippen LogP contribution >= 0.6 is 23.2 Å². The Hall–Kier alpha value is -1.78. The highest BCUT2D eigenvalue weighted by Gasteiger charge is 2.08. The first-order valence-corrected chi connectivity index (χ1v) is 6.78. The van der Waals surface area contributed by atoms with Crippen LogP contribution in [0.4, 0.5) is 4.39 Å². The molecule has 2 aromatic rings. The largest absolute Gasteiger partial charge is 0.480 e. The normalized spacial score (nSPS) is 10.2. The highest BCUT2D eigenvalue weighted by atomic mass is 35.5. The molecule has 0 aliphatic carbocycles. The van der Waals surface area contributed by atoms with Crippen LogP contribution in [0.3, 0.4) is 0 Å². The molecule has 2 rings (SSSR count). The van der Waals surface area contributed by atoms with Crippen molar-refractivity contribution >= 4 is 29.2 Å². The molecule has 0 saturated heterocycles. The number of carbonyl (C=O) groups excluding carboxylic acids is 1. The van der Waals surface area contributed by atoms with Gasteiger partial charge in [0.2, 0.25) is 0 Å². The first-order valence-electron chi connectivity index (χ1n) is 6.02. The third kappa shape index (κ3) is 4.92. The van der Waals surface area contributed by atoms with Crippen molar-refractivity contribution in [2.24, 2.45) is 0 Å². The van der Waals surface area contributed by atoms with Gasteiger partial charge in [-0.3, -0.25) is 0 Å². The minimum Gasteiger partial charge on any atom is -0.480 e. The second-order valence-electron chi connectivity index (χ2n) is 4.15. The summed E-state index contributed by atoms with van der Waals surface area (Å²) in [5, 5.41) is 0.792. The summed E-state index contributed by atoms with van der Waals surface area (Å²) >= 11 is 11.7. The van der Waals surface area contributed by atoms with Crippen molar-refractivity contribution in [2.75, 3.05) is 6.61 Å². The van der Waals surface area contributed by atoms with Crippen molar-refractivity contribution in [3.8, 4) is 5.75 Å². The first-order chi connectivity index (χ1) is 10.0. The van der Waals surface area contributed by atoms with Crippen LogP contribution < -0.4 is 4.74 Å². The van der Waals surface area contributed by atoms with E-state index in [0.717, 1.165) is 0 Å². The van der Waals surface area contributed by atoms with Crippen LogP contribution in [0.2, 0.25) is 10.0 Å². The number of benzene rings is 2. The van der Waals surface area contributed by atoms with Gasteiger partial charge in [0.1, 0.15) is 18.2 Å². The molecule has 0 unspecified atom stereocenters. The highest BCUT2D eigenvalue weighted by molar-refractivity contribution is 6.35. The standard InChI is InChI=1S/C15H11Cl2FO3/c16-11-3-6-14(13(17)7-11)20-9-15(19)21-8-10-1-4-12(18)5-2-10/h1-7H,8-9H2. The van der Waals surface area contributed by atoms with Gasteiger partial charge >= 0.3 is 5.97 Å². The molecule has 110 valence electrons. The molecule has 0 heterocycles. The predicted octanol–water partition coefficient (Wildman–Crippen LogP) is 4.25. The van der Waals surface area contributed by atoms with Crippen molar-refractivity contribution in [3.63, 3.8) is 0 Å². The quantitative estimate of drug-likeness (QED) is 0.769. The van der Waals surface area contributed by atoms with Gasteiger partial charge in [0, 0.05) is 5.02 Å². The number of esters is 1. The summed E-state index contributed by atoms with van der Waals surface area (Å²) in [6.45, 7) is -0.223. The third-order valence-corrected chi connectivity index (χ3v) is 3.08. The molecule has 0 radical (unpaired) electrons. The van der Waals surface area contributed by atoms with Crippen molar-refractivity contribution in [1.29, 1.82) is 0 Å². The zero-order chi connectivity index (χ0) is 15.2. The van der Waals surface area contributed by atoms with Crippen LogP contribution in [0.15, 0.2) is 42.5 Å². The number of carbonyl (C=O) groups is 1. The van der Waals surface area contributed by atoms with E-state index in [2.05, 4.69) is 0 Å². The van der Waals surface area contributed by atoms with Crippen LogP contribution in [0.1, 0.15) is 5.56 Å². The summed E-state index contributed by atoms with van der Waals surface area (Å²) in [7, 11) is 0. The van der Waals surface area contributed by atoms with Gasteiger partial charge in [0.15, 0.2) is 6.61 Å². The van der Waals surface area contributed by atoms with E-state index in [0.29, 0.717) is 21.4 Å². The van der Waals surface area contributed by atoms with E-state index in [1.165, 1.54) is 18.2 Å².